The molecule has 0 aromatic heterocycles. The number of aryl methyl sites for hydroxylation is 1. The van der Waals surface area contributed by atoms with Crippen molar-refractivity contribution in [1.29, 1.82) is 0 Å². The van der Waals surface area contributed by atoms with Crippen LogP contribution in [0.5, 0.6) is 0 Å². The second-order valence-electron chi connectivity index (χ2n) is 6.97. The van der Waals surface area contributed by atoms with Crippen molar-refractivity contribution in [2.24, 2.45) is 0 Å². The van der Waals surface area contributed by atoms with E-state index in [1.165, 1.54) is 30.3 Å². The number of hydrogen-bond donors (Lipinski definition) is 2. The minimum atomic E-state index is -4.51. The third kappa shape index (κ3) is 5.50. The number of alkyl halides is 3. The summed E-state index contributed by atoms with van der Waals surface area (Å²) >= 11 is 0. The van der Waals surface area contributed by atoms with Gasteiger partial charge in [-0.25, -0.2) is 0 Å². The van der Waals surface area contributed by atoms with Crippen molar-refractivity contribution < 1.29 is 27.6 Å². The van der Waals surface area contributed by atoms with E-state index < -0.39 is 24.5 Å². The monoisotopic (exact) mass is 431 g/mol. The second-order valence-corrected chi connectivity index (χ2v) is 6.97. The Bertz CT molecular complexity index is 1030. The molecule has 1 heterocycles. The molecule has 2 N–H and O–H groups in total. The molecular weight excluding hydrogens is 411 g/mol. The van der Waals surface area contributed by atoms with Crippen LogP contribution in [0.4, 0.5) is 24.5 Å². The van der Waals surface area contributed by atoms with Crippen LogP contribution in [0.3, 0.4) is 0 Å². The number of anilines is 2. The second kappa shape index (κ2) is 9.03. The Balaban J connectivity index is 1.73. The van der Waals surface area contributed by atoms with E-state index in [1.807, 2.05) is 0 Å². The van der Waals surface area contributed by atoms with Crippen molar-refractivity contribution in [1.82, 2.24) is 5.32 Å². The summed E-state index contributed by atoms with van der Waals surface area (Å²) in [4.78, 5) is 38.2. The molecule has 0 fully saturated rings. The summed E-state index contributed by atoms with van der Waals surface area (Å²) in [5, 5.41) is 4.43. The zero-order valence-electron chi connectivity index (χ0n) is 16.5. The Kier molecular flexibility index (Phi) is 6.43. The van der Waals surface area contributed by atoms with Gasteiger partial charge in [0.05, 0.1) is 0 Å². The van der Waals surface area contributed by atoms with Gasteiger partial charge in [-0.15, -0.1) is 0 Å². The van der Waals surface area contributed by atoms with Crippen molar-refractivity contribution in [2.45, 2.75) is 19.0 Å². The number of halogens is 3. The molecule has 0 saturated heterocycles. The van der Waals surface area contributed by atoms with Gasteiger partial charge in [-0.2, -0.15) is 13.2 Å². The molecule has 9 heteroatoms. The van der Waals surface area contributed by atoms with E-state index in [2.05, 4.69) is 11.9 Å². The molecule has 31 heavy (non-hydrogen) atoms. The summed E-state index contributed by atoms with van der Waals surface area (Å²) in [6, 6.07) is 10.6. The fraction of sp³-hybridized carbons (Fsp3) is 0.227. The Morgan fingerprint density at radius 1 is 1.06 bits per heavy atom. The molecule has 0 spiro atoms. The van der Waals surface area contributed by atoms with Gasteiger partial charge in [0.25, 0.3) is 11.8 Å². The van der Waals surface area contributed by atoms with Crippen molar-refractivity contribution in [3.8, 4) is 0 Å². The first kappa shape index (κ1) is 22.1. The number of nitrogens with one attached hydrogen (secondary N) is 2. The number of hydrogen-bond acceptors (Lipinski definition) is 3. The van der Waals surface area contributed by atoms with Crippen molar-refractivity contribution >= 4 is 29.1 Å². The Labute approximate surface area is 176 Å². The molecule has 0 unspecified atom stereocenters. The minimum Gasteiger partial charge on any atom is -0.343 e. The van der Waals surface area contributed by atoms with Crippen LogP contribution >= 0.6 is 0 Å². The number of carbonyl (C=O) groups excluding carboxylic acids is 3. The first-order chi connectivity index (χ1) is 14.7. The van der Waals surface area contributed by atoms with Crippen LogP contribution in [-0.4, -0.2) is 37.0 Å². The van der Waals surface area contributed by atoms with Gasteiger partial charge in [0.2, 0.25) is 5.91 Å². The highest BCUT2D eigenvalue weighted by molar-refractivity contribution is 6.06. The molecular formula is C22H20F3N3O3. The largest absolute Gasteiger partial charge is 0.405 e. The van der Waals surface area contributed by atoms with Gasteiger partial charge in [0.1, 0.15) is 6.54 Å². The topological polar surface area (TPSA) is 78.5 Å². The van der Waals surface area contributed by atoms with E-state index in [0.717, 1.165) is 17.7 Å². The summed E-state index contributed by atoms with van der Waals surface area (Å²) in [6.45, 7) is 2.64. The van der Waals surface area contributed by atoms with E-state index in [1.54, 1.807) is 28.4 Å². The molecule has 2 aromatic rings. The van der Waals surface area contributed by atoms with Crippen LogP contribution in [0.25, 0.3) is 0 Å². The Morgan fingerprint density at radius 2 is 1.81 bits per heavy atom. The van der Waals surface area contributed by atoms with Crippen LogP contribution in [0.1, 0.15) is 32.7 Å². The number of fused-ring (bicyclic) bond motifs is 1. The first-order valence-corrected chi connectivity index (χ1v) is 9.51. The van der Waals surface area contributed by atoms with Crippen LogP contribution < -0.4 is 15.5 Å². The van der Waals surface area contributed by atoms with Crippen LogP contribution in [-0.2, 0) is 11.2 Å². The molecule has 0 atom stereocenters. The lowest BCUT2D eigenvalue weighted by atomic mass is 9.98. The molecule has 0 saturated carbocycles. The molecule has 0 radical (unpaired) electrons. The normalized spacial score (nSPS) is 13.2. The van der Waals surface area contributed by atoms with E-state index in [9.17, 15) is 27.6 Å². The Hall–Kier alpha value is -3.62. The maximum Gasteiger partial charge on any atom is 0.405 e. The van der Waals surface area contributed by atoms with Crippen LogP contribution in [0, 0.1) is 0 Å². The first-order valence-electron chi connectivity index (χ1n) is 9.51. The predicted molar refractivity (Wildman–Crippen MR) is 110 cm³/mol. The van der Waals surface area contributed by atoms with Gasteiger partial charge in [0.15, 0.2) is 0 Å². The highest BCUT2D eigenvalue weighted by atomic mass is 19.4. The van der Waals surface area contributed by atoms with Gasteiger partial charge in [-0.05, 0) is 60.9 Å². The summed E-state index contributed by atoms with van der Waals surface area (Å²) < 4.78 is 36.8. The van der Waals surface area contributed by atoms with Gasteiger partial charge in [-0.1, -0.05) is 12.6 Å². The summed E-state index contributed by atoms with van der Waals surface area (Å²) in [7, 11) is 0. The van der Waals surface area contributed by atoms with Crippen molar-refractivity contribution in [3.05, 3.63) is 71.8 Å². The van der Waals surface area contributed by atoms with Gasteiger partial charge >= 0.3 is 6.18 Å². The van der Waals surface area contributed by atoms with Crippen molar-refractivity contribution in [3.63, 3.8) is 0 Å². The van der Waals surface area contributed by atoms with Crippen LogP contribution in [0.2, 0.25) is 0 Å². The molecule has 162 valence electrons. The molecule has 3 rings (SSSR count). The molecule has 0 bridgehead atoms. The average Bonchev–Trinajstić information content (AvgIpc) is 2.75. The standard InChI is InChI=1S/C22H20F3N3O3/c1-2-19(29)28-10-4-6-14-11-16(8-9-18(14)28)21(31)27-17-7-3-5-15(12-17)20(30)26-13-22(23,24)25/h2-3,5,7-9,11-12H,1,4,6,10,13H2,(H,26,30)(H,27,31). The number of benzene rings is 2. The lowest BCUT2D eigenvalue weighted by Gasteiger charge is -2.28. The summed E-state index contributed by atoms with van der Waals surface area (Å²) in [5.74, 6) is -1.55. The van der Waals surface area contributed by atoms with E-state index in [-0.39, 0.29) is 17.2 Å². The van der Waals surface area contributed by atoms with Crippen LogP contribution in [0.15, 0.2) is 55.1 Å². The van der Waals surface area contributed by atoms with Gasteiger partial charge in [0, 0.05) is 29.0 Å². The number of nitrogens with zero attached hydrogens (tertiary/aromatic N) is 1. The van der Waals surface area contributed by atoms with E-state index >= 15 is 0 Å². The summed E-state index contributed by atoms with van der Waals surface area (Å²) in [6.07, 6.45) is -1.80. The quantitative estimate of drug-likeness (QED) is 0.709. The fourth-order valence-corrected chi connectivity index (χ4v) is 3.30. The smallest absolute Gasteiger partial charge is 0.343 e. The molecule has 0 aliphatic carbocycles. The molecule has 1 aliphatic heterocycles. The lowest BCUT2D eigenvalue weighted by Crippen LogP contribution is -2.34. The highest BCUT2D eigenvalue weighted by Crippen LogP contribution is 2.28. The molecule has 1 aliphatic rings. The van der Waals surface area contributed by atoms with Gasteiger partial charge in [-0.3, -0.25) is 14.4 Å². The summed E-state index contributed by atoms with van der Waals surface area (Å²) in [5.41, 5.74) is 2.21. The maximum atomic E-state index is 12.7. The molecule has 2 aromatic carbocycles. The average molecular weight is 431 g/mol. The Morgan fingerprint density at radius 3 is 2.52 bits per heavy atom. The molecule has 3 amide bonds. The number of rotatable bonds is 5. The van der Waals surface area contributed by atoms with E-state index in [4.69, 9.17) is 0 Å². The van der Waals surface area contributed by atoms with Gasteiger partial charge < -0.3 is 15.5 Å². The third-order valence-corrected chi connectivity index (χ3v) is 4.73. The molecule has 6 nitrogen and oxygen atoms in total. The number of carbonyl (C=O) groups is 3. The zero-order valence-corrected chi connectivity index (χ0v) is 16.5. The van der Waals surface area contributed by atoms with Crippen molar-refractivity contribution in [2.75, 3.05) is 23.3 Å². The highest BCUT2D eigenvalue weighted by Gasteiger charge is 2.28. The third-order valence-electron chi connectivity index (χ3n) is 4.73. The fourth-order valence-electron chi connectivity index (χ4n) is 3.30. The number of amides is 3. The minimum absolute atomic E-state index is 0.00827. The lowest BCUT2D eigenvalue weighted by molar-refractivity contribution is -0.123. The SMILES string of the molecule is C=CC(=O)N1CCCc2cc(C(=O)Nc3cccc(C(=O)NCC(F)(F)F)c3)ccc21. The maximum absolute atomic E-state index is 12.7. The predicted octanol–water partition coefficient (Wildman–Crippen LogP) is 3.70. The zero-order chi connectivity index (χ0) is 22.6. The van der Waals surface area contributed by atoms with E-state index in [0.29, 0.717) is 18.5 Å².